The maximum absolute atomic E-state index is 10.7. The molecule has 3 nitrogen and oxygen atoms in total. The first kappa shape index (κ1) is 27.6. The second-order valence-corrected chi connectivity index (χ2v) is 20.9. The molecule has 0 radical (unpaired) electrons. The highest BCUT2D eigenvalue weighted by atomic mass is 28.4. The molecule has 0 bridgehead atoms. The van der Waals surface area contributed by atoms with Crippen molar-refractivity contribution in [2.24, 2.45) is 11.8 Å². The van der Waals surface area contributed by atoms with Gasteiger partial charge in [-0.15, -0.1) is 0 Å². The van der Waals surface area contributed by atoms with E-state index in [1.807, 2.05) is 0 Å². The quantitative estimate of drug-likeness (QED) is 0.235. The molecule has 0 saturated carbocycles. The summed E-state index contributed by atoms with van der Waals surface area (Å²) in [6.45, 7) is 27.9. The summed E-state index contributed by atoms with van der Waals surface area (Å²) in [5, 5.41) is 0.389. The minimum atomic E-state index is -1.90. The van der Waals surface area contributed by atoms with Crippen molar-refractivity contribution >= 4 is 22.9 Å². The van der Waals surface area contributed by atoms with Crippen LogP contribution in [0.25, 0.3) is 0 Å². The van der Waals surface area contributed by atoms with Crippen molar-refractivity contribution in [3.63, 3.8) is 0 Å². The molecular formula is C23H46O3Si2. The Labute approximate surface area is 177 Å². The third-order valence-corrected chi connectivity index (χ3v) is 15.7. The van der Waals surface area contributed by atoms with E-state index in [0.717, 1.165) is 19.4 Å². The number of carbonyl (C=O) groups excluding carboxylic acids is 1. The lowest BCUT2D eigenvalue weighted by Gasteiger charge is -2.40. The topological polar surface area (TPSA) is 35.5 Å². The molecule has 0 aromatic heterocycles. The van der Waals surface area contributed by atoms with Gasteiger partial charge in [-0.05, 0) is 67.9 Å². The van der Waals surface area contributed by atoms with Crippen LogP contribution in [0.4, 0.5) is 0 Å². The molecule has 28 heavy (non-hydrogen) atoms. The molecular weight excluding hydrogens is 380 g/mol. The van der Waals surface area contributed by atoms with Crippen molar-refractivity contribution in [2.45, 2.75) is 111 Å². The predicted octanol–water partition coefficient (Wildman–Crippen LogP) is 6.65. The van der Waals surface area contributed by atoms with Crippen LogP contribution >= 0.6 is 0 Å². The minimum absolute atomic E-state index is 0.0489. The van der Waals surface area contributed by atoms with Gasteiger partial charge in [-0.25, -0.2) is 0 Å². The fourth-order valence-corrected chi connectivity index (χ4v) is 4.89. The van der Waals surface area contributed by atoms with Gasteiger partial charge in [0, 0.05) is 12.5 Å². The van der Waals surface area contributed by atoms with Crippen molar-refractivity contribution < 1.29 is 13.6 Å². The number of aldehydes is 1. The van der Waals surface area contributed by atoms with Crippen LogP contribution in [0.1, 0.15) is 68.2 Å². The van der Waals surface area contributed by atoms with E-state index >= 15 is 0 Å². The smallest absolute Gasteiger partial charge is 0.192 e. The number of hydrogen-bond acceptors (Lipinski definition) is 3. The lowest BCUT2D eigenvalue weighted by Crippen LogP contribution is -2.45. The Balaban J connectivity index is 5.04. The van der Waals surface area contributed by atoms with Gasteiger partial charge >= 0.3 is 0 Å². The van der Waals surface area contributed by atoms with Crippen LogP contribution in [0, 0.1) is 23.7 Å². The summed E-state index contributed by atoms with van der Waals surface area (Å²) in [6.07, 6.45) is 2.73. The Morgan fingerprint density at radius 1 is 0.893 bits per heavy atom. The van der Waals surface area contributed by atoms with Gasteiger partial charge in [-0.3, -0.25) is 4.79 Å². The first-order chi connectivity index (χ1) is 12.4. The van der Waals surface area contributed by atoms with Gasteiger partial charge in [0.15, 0.2) is 22.9 Å². The molecule has 0 spiro atoms. The molecule has 0 heterocycles. The molecule has 5 heteroatoms. The molecule has 0 fully saturated rings. The number of carbonyl (C=O) groups is 1. The zero-order valence-electron chi connectivity index (χ0n) is 20.7. The molecule has 0 rings (SSSR count). The summed E-state index contributed by atoms with van der Waals surface area (Å²) >= 11 is 0. The Hall–Kier alpha value is -0.416. The van der Waals surface area contributed by atoms with Crippen LogP contribution < -0.4 is 0 Å². The van der Waals surface area contributed by atoms with Crippen LogP contribution in [0.3, 0.4) is 0 Å². The third kappa shape index (κ3) is 8.94. The highest BCUT2D eigenvalue weighted by molar-refractivity contribution is 6.74. The van der Waals surface area contributed by atoms with Gasteiger partial charge in [0.05, 0.1) is 6.10 Å². The average molecular weight is 427 g/mol. The van der Waals surface area contributed by atoms with E-state index in [-0.39, 0.29) is 22.1 Å². The van der Waals surface area contributed by atoms with E-state index in [9.17, 15) is 4.79 Å². The van der Waals surface area contributed by atoms with E-state index in [4.69, 9.17) is 8.85 Å². The van der Waals surface area contributed by atoms with Gasteiger partial charge in [0.25, 0.3) is 0 Å². The summed E-state index contributed by atoms with van der Waals surface area (Å²) < 4.78 is 13.1. The van der Waals surface area contributed by atoms with Crippen molar-refractivity contribution in [1.29, 1.82) is 0 Å². The fourth-order valence-electron chi connectivity index (χ4n) is 2.32. The van der Waals surface area contributed by atoms with E-state index in [0.29, 0.717) is 12.2 Å². The molecule has 0 aromatic carbocycles. The predicted molar refractivity (Wildman–Crippen MR) is 127 cm³/mol. The monoisotopic (exact) mass is 426 g/mol. The maximum Gasteiger partial charge on any atom is 0.192 e. The summed E-state index contributed by atoms with van der Waals surface area (Å²) in [5.41, 5.74) is 0. The normalized spacial score (nSPS) is 16.7. The molecule has 3 atom stereocenters. The minimum Gasteiger partial charge on any atom is -0.417 e. The van der Waals surface area contributed by atoms with Gasteiger partial charge in [0.1, 0.15) is 0 Å². The Kier molecular flexibility index (Phi) is 10.4. The lowest BCUT2D eigenvalue weighted by atomic mass is 9.96. The zero-order valence-corrected chi connectivity index (χ0v) is 22.7. The first-order valence-corrected chi connectivity index (χ1v) is 16.5. The zero-order chi connectivity index (χ0) is 22.4. The van der Waals surface area contributed by atoms with Gasteiger partial charge in [0.2, 0.25) is 0 Å². The standard InChI is InChI=1S/C23H46O3Si2/c1-19(18-25-27(9,10)22(3,4)5)15-16-21(20(2)14-13-17-24)26-28(11,12)23(6,7)8/h17,19-21H,15-16,18H2,1-12H3/t19-,20+,21-/m0/s1. The second kappa shape index (κ2) is 10.6. The van der Waals surface area contributed by atoms with E-state index in [1.54, 1.807) is 0 Å². The van der Waals surface area contributed by atoms with E-state index < -0.39 is 16.6 Å². The van der Waals surface area contributed by atoms with Crippen LogP contribution in [0.15, 0.2) is 0 Å². The molecule has 164 valence electrons. The lowest BCUT2D eigenvalue weighted by molar-refractivity contribution is -0.103. The molecule has 0 amide bonds. The van der Waals surface area contributed by atoms with Crippen molar-refractivity contribution in [1.82, 2.24) is 0 Å². The van der Waals surface area contributed by atoms with E-state index in [2.05, 4.69) is 93.4 Å². The Bertz CT molecular complexity index is 545. The maximum atomic E-state index is 10.7. The second-order valence-electron chi connectivity index (χ2n) is 11.4. The third-order valence-electron chi connectivity index (χ3n) is 6.66. The number of hydrogen-bond donors (Lipinski definition) is 0. The van der Waals surface area contributed by atoms with Gasteiger partial charge in [-0.2, -0.15) is 0 Å². The highest BCUT2D eigenvalue weighted by Crippen LogP contribution is 2.39. The Morgan fingerprint density at radius 3 is 1.82 bits per heavy atom. The van der Waals surface area contributed by atoms with Crippen LogP contribution in [-0.4, -0.2) is 35.6 Å². The van der Waals surface area contributed by atoms with Crippen LogP contribution in [0.5, 0.6) is 0 Å². The fraction of sp³-hybridized carbons (Fsp3) is 0.870. The molecule has 0 N–H and O–H groups in total. The molecule has 0 aliphatic heterocycles. The van der Waals surface area contributed by atoms with Gasteiger partial charge < -0.3 is 8.85 Å². The first-order valence-electron chi connectivity index (χ1n) is 10.7. The molecule has 0 aliphatic carbocycles. The summed E-state index contributed by atoms with van der Waals surface area (Å²) in [7, 11) is -3.61. The van der Waals surface area contributed by atoms with Crippen molar-refractivity contribution in [3.8, 4) is 11.8 Å². The summed E-state index contributed by atoms with van der Waals surface area (Å²) in [5.74, 6) is 6.18. The molecule has 0 saturated heterocycles. The number of rotatable bonds is 9. The molecule has 0 aliphatic rings. The van der Waals surface area contributed by atoms with Crippen LogP contribution in [0.2, 0.25) is 36.3 Å². The van der Waals surface area contributed by atoms with Gasteiger partial charge in [-0.1, -0.05) is 54.4 Å². The van der Waals surface area contributed by atoms with Crippen molar-refractivity contribution in [2.75, 3.05) is 6.61 Å². The Morgan fingerprint density at radius 2 is 1.39 bits per heavy atom. The highest BCUT2D eigenvalue weighted by Gasteiger charge is 2.40. The summed E-state index contributed by atoms with van der Waals surface area (Å²) in [4.78, 5) is 10.7. The van der Waals surface area contributed by atoms with E-state index in [1.165, 1.54) is 0 Å². The molecule has 0 aromatic rings. The van der Waals surface area contributed by atoms with Crippen LogP contribution in [-0.2, 0) is 13.6 Å². The average Bonchev–Trinajstić information content (AvgIpc) is 2.52. The largest absolute Gasteiger partial charge is 0.417 e. The van der Waals surface area contributed by atoms with Crippen molar-refractivity contribution in [3.05, 3.63) is 0 Å². The SMILES string of the molecule is C[C@@H](CC[C@H](O[Si](C)(C)C(C)(C)C)[C@H](C)C#CC=O)CO[Si](C)(C)C(C)(C)C. The summed E-state index contributed by atoms with van der Waals surface area (Å²) in [6, 6.07) is 0. The molecule has 0 unspecified atom stereocenters.